The summed E-state index contributed by atoms with van der Waals surface area (Å²) in [6.07, 6.45) is 0.855. The average Bonchev–Trinajstić information content (AvgIpc) is 2.86. The molecule has 2 N–H and O–H groups in total. The van der Waals surface area contributed by atoms with Gasteiger partial charge in [0.25, 0.3) is 0 Å². The van der Waals surface area contributed by atoms with E-state index in [4.69, 9.17) is 5.11 Å². The zero-order valence-electron chi connectivity index (χ0n) is 12.6. The van der Waals surface area contributed by atoms with E-state index in [1.54, 1.807) is 18.3 Å². The van der Waals surface area contributed by atoms with Crippen molar-refractivity contribution >= 4 is 28.9 Å². The monoisotopic (exact) mass is 317 g/mol. The molecule has 0 spiro atoms. The van der Waals surface area contributed by atoms with Crippen LogP contribution in [0.4, 0.5) is 5.69 Å². The van der Waals surface area contributed by atoms with Gasteiger partial charge in [-0.3, -0.25) is 9.59 Å². The number of thiophene rings is 1. The molecule has 1 amide bonds. The number of carbonyl (C=O) groups is 2. The summed E-state index contributed by atoms with van der Waals surface area (Å²) in [6, 6.07) is 11.3. The Bertz CT molecular complexity index is 661. The molecule has 0 aliphatic heterocycles. The van der Waals surface area contributed by atoms with Crippen molar-refractivity contribution in [3.05, 3.63) is 51.7 Å². The first kappa shape index (κ1) is 16.2. The molecule has 0 radical (unpaired) electrons. The molecule has 22 heavy (non-hydrogen) atoms. The van der Waals surface area contributed by atoms with Gasteiger partial charge in [-0.2, -0.15) is 0 Å². The minimum absolute atomic E-state index is 0.0477. The fourth-order valence-corrected chi connectivity index (χ4v) is 3.00. The number of hydrogen-bond donors (Lipinski definition) is 2. The molecule has 0 saturated heterocycles. The van der Waals surface area contributed by atoms with Crippen molar-refractivity contribution in [3.63, 3.8) is 0 Å². The smallest absolute Gasteiger partial charge is 0.306 e. The van der Waals surface area contributed by atoms with Gasteiger partial charge in [-0.25, -0.2) is 0 Å². The number of nitrogens with one attached hydrogen (secondary N) is 1. The molecule has 0 aliphatic rings. The molecule has 0 aliphatic carbocycles. The molecule has 5 heteroatoms. The summed E-state index contributed by atoms with van der Waals surface area (Å²) in [4.78, 5) is 25.0. The Morgan fingerprint density at radius 1 is 1.18 bits per heavy atom. The third-order valence-electron chi connectivity index (χ3n) is 3.33. The second-order valence-corrected chi connectivity index (χ2v) is 6.75. The SMILES string of the molecule is Cc1ccc(CC(=O)Nc2ccc(CC(C)C(=O)O)cc2)s1. The lowest BCUT2D eigenvalue weighted by atomic mass is 10.0. The molecule has 0 saturated carbocycles. The lowest BCUT2D eigenvalue weighted by Gasteiger charge is -2.08. The van der Waals surface area contributed by atoms with Crippen LogP contribution in [-0.2, 0) is 22.4 Å². The van der Waals surface area contributed by atoms with Gasteiger partial charge in [-0.05, 0) is 43.2 Å². The lowest BCUT2D eigenvalue weighted by Crippen LogP contribution is -2.14. The normalized spacial score (nSPS) is 11.9. The predicted octanol–water partition coefficient (Wildman–Crippen LogP) is 3.50. The summed E-state index contributed by atoms with van der Waals surface area (Å²) in [5.74, 6) is -1.26. The third kappa shape index (κ3) is 4.70. The highest BCUT2D eigenvalue weighted by Crippen LogP contribution is 2.17. The molecule has 0 fully saturated rings. The fourth-order valence-electron chi connectivity index (χ4n) is 2.11. The Labute approximate surface area is 133 Å². The topological polar surface area (TPSA) is 66.4 Å². The predicted molar refractivity (Wildman–Crippen MR) is 88.3 cm³/mol. The van der Waals surface area contributed by atoms with E-state index in [1.165, 1.54) is 4.88 Å². The molecular weight excluding hydrogens is 298 g/mol. The minimum atomic E-state index is -0.802. The van der Waals surface area contributed by atoms with Crippen LogP contribution in [0.5, 0.6) is 0 Å². The third-order valence-corrected chi connectivity index (χ3v) is 4.33. The van der Waals surface area contributed by atoms with E-state index < -0.39 is 11.9 Å². The van der Waals surface area contributed by atoms with Gasteiger partial charge in [0.15, 0.2) is 0 Å². The number of amides is 1. The van der Waals surface area contributed by atoms with Gasteiger partial charge >= 0.3 is 5.97 Å². The zero-order valence-corrected chi connectivity index (χ0v) is 13.4. The molecule has 0 bridgehead atoms. The van der Waals surface area contributed by atoms with Crippen LogP contribution in [0.1, 0.15) is 22.2 Å². The fraction of sp³-hybridized carbons (Fsp3) is 0.294. The molecule has 1 aromatic heterocycles. The van der Waals surface area contributed by atoms with Crippen LogP contribution in [0.25, 0.3) is 0 Å². The highest BCUT2D eigenvalue weighted by atomic mass is 32.1. The van der Waals surface area contributed by atoms with Crippen LogP contribution in [0.15, 0.2) is 36.4 Å². The van der Waals surface area contributed by atoms with Crippen LogP contribution < -0.4 is 5.32 Å². The number of aryl methyl sites for hydroxylation is 1. The molecule has 1 atom stereocenters. The van der Waals surface area contributed by atoms with Crippen molar-refractivity contribution in [1.29, 1.82) is 0 Å². The first-order chi connectivity index (χ1) is 10.4. The van der Waals surface area contributed by atoms with Crippen LogP contribution >= 0.6 is 11.3 Å². The van der Waals surface area contributed by atoms with Crippen molar-refractivity contribution in [2.45, 2.75) is 26.7 Å². The number of carbonyl (C=O) groups excluding carboxylic acids is 1. The molecule has 4 nitrogen and oxygen atoms in total. The first-order valence-corrected chi connectivity index (χ1v) is 7.92. The van der Waals surface area contributed by atoms with E-state index in [9.17, 15) is 9.59 Å². The summed E-state index contributed by atoms with van der Waals surface area (Å²) in [7, 11) is 0. The van der Waals surface area contributed by atoms with Gasteiger partial charge < -0.3 is 10.4 Å². The number of aliphatic carboxylic acids is 1. The minimum Gasteiger partial charge on any atom is -0.481 e. The number of carboxylic acid groups (broad SMARTS) is 1. The van der Waals surface area contributed by atoms with Gasteiger partial charge in [0.1, 0.15) is 0 Å². The quantitative estimate of drug-likeness (QED) is 0.857. The summed E-state index contributed by atoms with van der Waals surface area (Å²) in [5.41, 5.74) is 1.67. The second-order valence-electron chi connectivity index (χ2n) is 5.38. The zero-order chi connectivity index (χ0) is 16.1. The Balaban J connectivity index is 1.90. The molecular formula is C17H19NO3S. The summed E-state index contributed by atoms with van der Waals surface area (Å²) >= 11 is 1.62. The Morgan fingerprint density at radius 2 is 1.86 bits per heavy atom. The van der Waals surface area contributed by atoms with E-state index in [-0.39, 0.29) is 5.91 Å². The van der Waals surface area contributed by atoms with Gasteiger partial charge in [0, 0.05) is 15.4 Å². The van der Waals surface area contributed by atoms with Crippen LogP contribution in [0, 0.1) is 12.8 Å². The largest absolute Gasteiger partial charge is 0.481 e. The molecule has 1 unspecified atom stereocenters. The maximum absolute atomic E-state index is 12.0. The van der Waals surface area contributed by atoms with Crippen molar-refractivity contribution in [1.82, 2.24) is 0 Å². The van der Waals surface area contributed by atoms with Crippen LogP contribution in [0.2, 0.25) is 0 Å². The van der Waals surface area contributed by atoms with E-state index in [0.717, 1.165) is 16.1 Å². The number of anilines is 1. The Morgan fingerprint density at radius 3 is 2.41 bits per heavy atom. The van der Waals surface area contributed by atoms with E-state index in [2.05, 4.69) is 5.32 Å². The van der Waals surface area contributed by atoms with Crippen molar-refractivity contribution < 1.29 is 14.7 Å². The van der Waals surface area contributed by atoms with Gasteiger partial charge in [0.2, 0.25) is 5.91 Å². The maximum atomic E-state index is 12.0. The van der Waals surface area contributed by atoms with Gasteiger partial charge in [-0.15, -0.1) is 11.3 Å². The van der Waals surface area contributed by atoms with Crippen molar-refractivity contribution in [3.8, 4) is 0 Å². The first-order valence-electron chi connectivity index (χ1n) is 7.11. The number of benzene rings is 1. The highest BCUT2D eigenvalue weighted by molar-refractivity contribution is 7.12. The standard InChI is InChI=1S/C17H19NO3S/c1-11(17(20)21)9-13-4-6-14(7-5-13)18-16(19)10-15-8-3-12(2)22-15/h3-8,11H,9-10H2,1-2H3,(H,18,19)(H,20,21). The molecule has 1 aromatic carbocycles. The van der Waals surface area contributed by atoms with E-state index >= 15 is 0 Å². The van der Waals surface area contributed by atoms with Crippen LogP contribution in [0.3, 0.4) is 0 Å². The molecule has 2 aromatic rings. The average molecular weight is 317 g/mol. The van der Waals surface area contributed by atoms with Gasteiger partial charge in [0.05, 0.1) is 12.3 Å². The van der Waals surface area contributed by atoms with Crippen LogP contribution in [-0.4, -0.2) is 17.0 Å². The Kier molecular flexibility index (Phi) is 5.33. The van der Waals surface area contributed by atoms with E-state index in [0.29, 0.717) is 12.8 Å². The Hall–Kier alpha value is -2.14. The van der Waals surface area contributed by atoms with Crippen molar-refractivity contribution in [2.24, 2.45) is 5.92 Å². The van der Waals surface area contributed by atoms with E-state index in [1.807, 2.05) is 43.3 Å². The lowest BCUT2D eigenvalue weighted by molar-refractivity contribution is -0.141. The summed E-state index contributed by atoms with van der Waals surface area (Å²) in [6.45, 7) is 3.70. The highest BCUT2D eigenvalue weighted by Gasteiger charge is 2.11. The summed E-state index contributed by atoms with van der Waals surface area (Å²) in [5, 5.41) is 11.8. The summed E-state index contributed by atoms with van der Waals surface area (Å²) < 4.78 is 0. The van der Waals surface area contributed by atoms with Gasteiger partial charge in [-0.1, -0.05) is 19.1 Å². The molecule has 116 valence electrons. The number of carboxylic acids is 1. The maximum Gasteiger partial charge on any atom is 0.306 e. The van der Waals surface area contributed by atoms with Crippen molar-refractivity contribution in [2.75, 3.05) is 5.32 Å². The molecule has 2 rings (SSSR count). The molecule has 1 heterocycles. The number of hydrogen-bond acceptors (Lipinski definition) is 3. The second kappa shape index (κ2) is 7.22. The number of rotatable bonds is 6.